The predicted molar refractivity (Wildman–Crippen MR) is 98.9 cm³/mol. The number of hydrogen-bond donors (Lipinski definition) is 2. The molecule has 1 heterocycles. The molecule has 2 N–H and O–H groups in total. The number of halogens is 1. The second kappa shape index (κ2) is 8.17. The van der Waals surface area contributed by atoms with Crippen molar-refractivity contribution in [2.45, 2.75) is 0 Å². The SMILES string of the molecule is COc1cc(Nc2ncnc(Nc3cccc(F)c3)n2)cc(OC)c1OC. The Morgan fingerprint density at radius 3 is 2.00 bits per heavy atom. The fourth-order valence-corrected chi connectivity index (χ4v) is 2.39. The fourth-order valence-electron chi connectivity index (χ4n) is 2.39. The van der Waals surface area contributed by atoms with Gasteiger partial charge >= 0.3 is 0 Å². The Morgan fingerprint density at radius 1 is 0.815 bits per heavy atom. The zero-order valence-electron chi connectivity index (χ0n) is 15.0. The van der Waals surface area contributed by atoms with Gasteiger partial charge in [-0.2, -0.15) is 4.98 Å². The third-order valence-corrected chi connectivity index (χ3v) is 3.57. The van der Waals surface area contributed by atoms with Crippen molar-refractivity contribution in [3.63, 3.8) is 0 Å². The fraction of sp³-hybridized carbons (Fsp3) is 0.167. The molecule has 0 radical (unpaired) electrons. The quantitative estimate of drug-likeness (QED) is 0.652. The van der Waals surface area contributed by atoms with Crippen LogP contribution in [0.5, 0.6) is 17.2 Å². The molecule has 0 atom stereocenters. The number of anilines is 4. The highest BCUT2D eigenvalue weighted by Crippen LogP contribution is 2.40. The topological polar surface area (TPSA) is 90.4 Å². The van der Waals surface area contributed by atoms with E-state index in [0.717, 1.165) is 0 Å². The van der Waals surface area contributed by atoms with Crippen molar-refractivity contribution in [1.82, 2.24) is 15.0 Å². The van der Waals surface area contributed by atoms with Crippen molar-refractivity contribution < 1.29 is 18.6 Å². The van der Waals surface area contributed by atoms with Gasteiger partial charge in [-0.25, -0.2) is 14.4 Å². The Hall–Kier alpha value is -3.62. The molecule has 1 aromatic heterocycles. The van der Waals surface area contributed by atoms with Gasteiger partial charge in [-0.3, -0.25) is 0 Å². The van der Waals surface area contributed by atoms with Crippen molar-refractivity contribution in [3.05, 3.63) is 48.5 Å². The van der Waals surface area contributed by atoms with E-state index < -0.39 is 0 Å². The second-order valence-electron chi connectivity index (χ2n) is 5.31. The third kappa shape index (κ3) is 4.32. The van der Waals surface area contributed by atoms with E-state index in [1.54, 1.807) is 24.3 Å². The minimum atomic E-state index is -0.357. The molecule has 2 aromatic carbocycles. The predicted octanol–water partition coefficient (Wildman–Crippen LogP) is 3.52. The third-order valence-electron chi connectivity index (χ3n) is 3.57. The number of aromatic nitrogens is 3. The number of hydrogen-bond acceptors (Lipinski definition) is 8. The minimum absolute atomic E-state index is 0.269. The molecule has 3 rings (SSSR count). The average Bonchev–Trinajstić information content (AvgIpc) is 2.67. The maximum Gasteiger partial charge on any atom is 0.232 e. The van der Waals surface area contributed by atoms with Crippen LogP contribution >= 0.6 is 0 Å². The van der Waals surface area contributed by atoms with Gasteiger partial charge < -0.3 is 24.8 Å². The first kappa shape index (κ1) is 18.2. The van der Waals surface area contributed by atoms with E-state index in [1.807, 2.05) is 0 Å². The van der Waals surface area contributed by atoms with Gasteiger partial charge in [-0.05, 0) is 18.2 Å². The lowest BCUT2D eigenvalue weighted by atomic mass is 10.2. The van der Waals surface area contributed by atoms with Gasteiger partial charge in [-0.1, -0.05) is 6.07 Å². The smallest absolute Gasteiger partial charge is 0.232 e. The zero-order chi connectivity index (χ0) is 19.2. The summed E-state index contributed by atoms with van der Waals surface area (Å²) in [5.41, 5.74) is 1.16. The number of nitrogens with one attached hydrogen (secondary N) is 2. The zero-order valence-corrected chi connectivity index (χ0v) is 15.0. The lowest BCUT2D eigenvalue weighted by Crippen LogP contribution is -2.03. The average molecular weight is 371 g/mol. The molecule has 0 amide bonds. The van der Waals surface area contributed by atoms with Crippen LogP contribution < -0.4 is 24.8 Å². The molecule has 0 spiro atoms. The Labute approximate surface area is 155 Å². The van der Waals surface area contributed by atoms with Crippen LogP contribution in [0.4, 0.5) is 27.7 Å². The summed E-state index contributed by atoms with van der Waals surface area (Å²) >= 11 is 0. The highest BCUT2D eigenvalue weighted by Gasteiger charge is 2.14. The Morgan fingerprint density at radius 2 is 1.44 bits per heavy atom. The molecule has 140 valence electrons. The van der Waals surface area contributed by atoms with E-state index in [1.165, 1.54) is 39.8 Å². The molecule has 0 fully saturated rings. The second-order valence-corrected chi connectivity index (χ2v) is 5.31. The van der Waals surface area contributed by atoms with E-state index in [2.05, 4.69) is 25.6 Å². The van der Waals surface area contributed by atoms with Crippen molar-refractivity contribution in [2.75, 3.05) is 32.0 Å². The number of ether oxygens (including phenoxy) is 3. The van der Waals surface area contributed by atoms with E-state index >= 15 is 0 Å². The highest BCUT2D eigenvalue weighted by atomic mass is 19.1. The number of methoxy groups -OCH3 is 3. The molecule has 8 nitrogen and oxygen atoms in total. The molecule has 0 aliphatic carbocycles. The van der Waals surface area contributed by atoms with E-state index in [4.69, 9.17) is 14.2 Å². The van der Waals surface area contributed by atoms with Crippen molar-refractivity contribution in [3.8, 4) is 17.2 Å². The molecule has 0 aliphatic heterocycles. The highest BCUT2D eigenvalue weighted by molar-refractivity contribution is 5.66. The van der Waals surface area contributed by atoms with Crippen LogP contribution in [0.15, 0.2) is 42.7 Å². The molecule has 0 saturated heterocycles. The summed E-state index contributed by atoms with van der Waals surface area (Å²) in [5.74, 6) is 1.67. The van der Waals surface area contributed by atoms with E-state index in [9.17, 15) is 4.39 Å². The summed E-state index contributed by atoms with van der Waals surface area (Å²) in [6.45, 7) is 0. The van der Waals surface area contributed by atoms with Gasteiger partial charge in [0.15, 0.2) is 11.5 Å². The summed E-state index contributed by atoms with van der Waals surface area (Å²) in [6.07, 6.45) is 1.34. The van der Waals surface area contributed by atoms with Crippen LogP contribution in [-0.2, 0) is 0 Å². The minimum Gasteiger partial charge on any atom is -0.493 e. The van der Waals surface area contributed by atoms with Crippen LogP contribution in [-0.4, -0.2) is 36.3 Å². The lowest BCUT2D eigenvalue weighted by Gasteiger charge is -2.14. The van der Waals surface area contributed by atoms with E-state index in [0.29, 0.717) is 28.6 Å². The van der Waals surface area contributed by atoms with Crippen LogP contribution in [0.25, 0.3) is 0 Å². The summed E-state index contributed by atoms with van der Waals surface area (Å²) in [7, 11) is 4.60. The van der Waals surface area contributed by atoms with Gasteiger partial charge in [0.05, 0.1) is 21.3 Å². The van der Waals surface area contributed by atoms with Gasteiger partial charge in [0.1, 0.15) is 12.1 Å². The Bertz CT molecular complexity index is 913. The molecule has 9 heteroatoms. The van der Waals surface area contributed by atoms with Gasteiger partial charge in [-0.15, -0.1) is 0 Å². The van der Waals surface area contributed by atoms with Crippen molar-refractivity contribution in [2.24, 2.45) is 0 Å². The summed E-state index contributed by atoms with van der Waals surface area (Å²) in [5, 5.41) is 5.97. The summed E-state index contributed by atoms with van der Waals surface area (Å²) < 4.78 is 29.3. The maximum absolute atomic E-state index is 13.3. The Kier molecular flexibility index (Phi) is 5.50. The molecule has 0 saturated carbocycles. The van der Waals surface area contributed by atoms with Crippen molar-refractivity contribution in [1.29, 1.82) is 0 Å². The molecule has 0 unspecified atom stereocenters. The largest absolute Gasteiger partial charge is 0.493 e. The summed E-state index contributed by atoms with van der Waals surface area (Å²) in [6, 6.07) is 9.45. The Balaban J connectivity index is 1.84. The molecule has 27 heavy (non-hydrogen) atoms. The van der Waals surface area contributed by atoms with Gasteiger partial charge in [0.2, 0.25) is 17.6 Å². The standard InChI is InChI=1S/C18H18FN5O3/c1-25-14-8-13(9-15(26-2)16(14)27-3)23-18-21-10-20-17(24-18)22-12-6-4-5-11(19)7-12/h4-10H,1-3H3,(H2,20,21,22,23,24). The van der Waals surface area contributed by atoms with Gasteiger partial charge in [0.25, 0.3) is 0 Å². The number of rotatable bonds is 7. The first-order valence-corrected chi connectivity index (χ1v) is 7.91. The molecule has 3 aromatic rings. The monoisotopic (exact) mass is 371 g/mol. The number of nitrogens with zero attached hydrogens (tertiary/aromatic N) is 3. The lowest BCUT2D eigenvalue weighted by molar-refractivity contribution is 0.324. The van der Waals surface area contributed by atoms with Crippen molar-refractivity contribution >= 4 is 23.3 Å². The molecular formula is C18H18FN5O3. The normalized spacial score (nSPS) is 10.2. The first-order chi connectivity index (χ1) is 13.1. The van der Waals surface area contributed by atoms with Crippen LogP contribution in [0.3, 0.4) is 0 Å². The number of benzene rings is 2. The van der Waals surface area contributed by atoms with E-state index in [-0.39, 0.29) is 17.7 Å². The van der Waals surface area contributed by atoms with Crippen LogP contribution in [0.1, 0.15) is 0 Å². The molecule has 0 aliphatic rings. The molecule has 0 bridgehead atoms. The molecular weight excluding hydrogens is 353 g/mol. The van der Waals surface area contributed by atoms with Gasteiger partial charge in [0, 0.05) is 23.5 Å². The van der Waals surface area contributed by atoms with Crippen LogP contribution in [0, 0.1) is 5.82 Å². The van der Waals surface area contributed by atoms with Crippen LogP contribution in [0.2, 0.25) is 0 Å². The first-order valence-electron chi connectivity index (χ1n) is 7.91. The maximum atomic E-state index is 13.3. The summed E-state index contributed by atoms with van der Waals surface area (Å²) in [4.78, 5) is 12.4.